The molecule has 0 bridgehead atoms. The van der Waals surface area contributed by atoms with E-state index < -0.39 is 17.2 Å². The molecule has 134 valence electrons. The summed E-state index contributed by atoms with van der Waals surface area (Å²) in [6.07, 6.45) is 1.77. The third-order valence-electron chi connectivity index (χ3n) is 4.50. The number of amides is 1. The van der Waals surface area contributed by atoms with E-state index in [2.05, 4.69) is 9.97 Å². The lowest BCUT2D eigenvalue weighted by atomic mass is 10.1. The normalized spacial score (nSPS) is 14.0. The molecule has 4 rings (SSSR count). The van der Waals surface area contributed by atoms with Gasteiger partial charge >= 0.3 is 0 Å². The molecule has 2 aromatic heterocycles. The number of hydrogen-bond donors (Lipinski definition) is 1. The molecule has 0 aliphatic heterocycles. The Kier molecular flexibility index (Phi) is 4.07. The maximum Gasteiger partial charge on any atom is 0.266 e. The fourth-order valence-electron chi connectivity index (χ4n) is 3.03. The molecule has 1 aliphatic carbocycles. The summed E-state index contributed by atoms with van der Waals surface area (Å²) in [5.41, 5.74) is 2.56. The largest absolute Gasteiger partial charge is 0.331 e. The van der Waals surface area contributed by atoms with E-state index in [1.165, 1.54) is 17.4 Å². The SMILES string of the molecule is Cc1ncsc1C(=O)N(Cc1cc(=O)[nH]c2cc(F)c(F)cc12)C1CC1. The fraction of sp³-hybridized carbons (Fsp3) is 0.278. The Morgan fingerprint density at radius 3 is 2.69 bits per heavy atom. The van der Waals surface area contributed by atoms with Gasteiger partial charge in [-0.05, 0) is 31.4 Å². The van der Waals surface area contributed by atoms with E-state index in [4.69, 9.17) is 0 Å². The number of aromatic amines is 1. The number of carbonyl (C=O) groups excluding carboxylic acids is 1. The Balaban J connectivity index is 1.77. The maximum absolute atomic E-state index is 13.7. The Morgan fingerprint density at radius 2 is 2.04 bits per heavy atom. The highest BCUT2D eigenvalue weighted by Crippen LogP contribution is 2.32. The van der Waals surface area contributed by atoms with Crippen molar-refractivity contribution in [2.45, 2.75) is 32.4 Å². The first-order chi connectivity index (χ1) is 12.4. The smallest absolute Gasteiger partial charge is 0.266 e. The van der Waals surface area contributed by atoms with Crippen molar-refractivity contribution in [3.63, 3.8) is 0 Å². The van der Waals surface area contributed by atoms with Crippen molar-refractivity contribution in [3.8, 4) is 0 Å². The maximum atomic E-state index is 13.7. The van der Waals surface area contributed by atoms with E-state index in [9.17, 15) is 18.4 Å². The van der Waals surface area contributed by atoms with Gasteiger partial charge in [0.2, 0.25) is 5.56 Å². The molecule has 26 heavy (non-hydrogen) atoms. The summed E-state index contributed by atoms with van der Waals surface area (Å²) in [5, 5.41) is 0.392. The van der Waals surface area contributed by atoms with Gasteiger partial charge in [0.05, 0.1) is 16.7 Å². The van der Waals surface area contributed by atoms with E-state index >= 15 is 0 Å². The second-order valence-electron chi connectivity index (χ2n) is 6.40. The van der Waals surface area contributed by atoms with Gasteiger partial charge in [0.25, 0.3) is 5.91 Å². The molecular weight excluding hydrogens is 360 g/mol. The van der Waals surface area contributed by atoms with Crippen LogP contribution in [0.5, 0.6) is 0 Å². The molecule has 1 fully saturated rings. The molecule has 1 aliphatic rings. The highest BCUT2D eigenvalue weighted by molar-refractivity contribution is 7.11. The third-order valence-corrected chi connectivity index (χ3v) is 5.42. The van der Waals surface area contributed by atoms with Gasteiger partial charge in [-0.15, -0.1) is 11.3 Å². The molecule has 1 saturated carbocycles. The van der Waals surface area contributed by atoms with Gasteiger partial charge < -0.3 is 9.88 Å². The van der Waals surface area contributed by atoms with Crippen LogP contribution < -0.4 is 5.56 Å². The quantitative estimate of drug-likeness (QED) is 0.760. The number of carbonyl (C=O) groups is 1. The number of benzene rings is 1. The molecular formula is C18H15F2N3O2S. The average Bonchev–Trinajstić information content (AvgIpc) is 3.34. The van der Waals surface area contributed by atoms with Gasteiger partial charge in [0.1, 0.15) is 4.88 Å². The van der Waals surface area contributed by atoms with E-state index in [1.807, 2.05) is 0 Å². The summed E-state index contributed by atoms with van der Waals surface area (Å²) >= 11 is 1.27. The first-order valence-electron chi connectivity index (χ1n) is 8.16. The first-order valence-corrected chi connectivity index (χ1v) is 9.04. The van der Waals surface area contributed by atoms with Crippen LogP contribution in [0.2, 0.25) is 0 Å². The van der Waals surface area contributed by atoms with Crippen molar-refractivity contribution in [2.75, 3.05) is 0 Å². The number of halogens is 2. The minimum Gasteiger partial charge on any atom is -0.331 e. The van der Waals surface area contributed by atoms with Crippen molar-refractivity contribution in [3.05, 3.63) is 61.8 Å². The number of aryl methyl sites for hydroxylation is 1. The Labute approximate surface area is 151 Å². The molecule has 5 nitrogen and oxygen atoms in total. The molecule has 0 radical (unpaired) electrons. The molecule has 0 saturated heterocycles. The lowest BCUT2D eigenvalue weighted by Gasteiger charge is -2.23. The standard InChI is InChI=1S/C18H15F2N3O2S/c1-9-17(26-8-21-9)18(25)23(11-2-3-11)7-10-4-16(24)22-15-6-14(20)13(19)5-12(10)15/h4-6,8,11H,2-3,7H2,1H3,(H,22,24). The predicted octanol–water partition coefficient (Wildman–Crippen LogP) is 3.38. The van der Waals surface area contributed by atoms with E-state index in [-0.39, 0.29) is 24.0 Å². The van der Waals surface area contributed by atoms with Gasteiger partial charge in [-0.2, -0.15) is 0 Å². The summed E-state index contributed by atoms with van der Waals surface area (Å²) in [4.78, 5) is 33.7. The Bertz CT molecular complexity index is 1070. The van der Waals surface area contributed by atoms with Crippen LogP contribution in [0.25, 0.3) is 10.9 Å². The Morgan fingerprint density at radius 1 is 1.31 bits per heavy atom. The second-order valence-corrected chi connectivity index (χ2v) is 7.26. The average molecular weight is 375 g/mol. The zero-order valence-corrected chi connectivity index (χ0v) is 14.7. The van der Waals surface area contributed by atoms with Gasteiger partial charge in [-0.1, -0.05) is 0 Å². The molecule has 0 unspecified atom stereocenters. The lowest BCUT2D eigenvalue weighted by molar-refractivity contribution is 0.0734. The zero-order chi connectivity index (χ0) is 18.4. The van der Waals surface area contributed by atoms with Crippen LogP contribution in [0.3, 0.4) is 0 Å². The number of aromatic nitrogens is 2. The van der Waals surface area contributed by atoms with Gasteiger partial charge in [-0.25, -0.2) is 13.8 Å². The van der Waals surface area contributed by atoms with Crippen LogP contribution in [0, 0.1) is 18.6 Å². The lowest BCUT2D eigenvalue weighted by Crippen LogP contribution is -2.33. The summed E-state index contributed by atoms with van der Waals surface area (Å²) in [5.74, 6) is -2.17. The summed E-state index contributed by atoms with van der Waals surface area (Å²) in [6.45, 7) is 1.93. The molecule has 1 aromatic carbocycles. The van der Waals surface area contributed by atoms with Crippen LogP contribution in [-0.2, 0) is 6.54 Å². The molecule has 0 atom stereocenters. The molecule has 0 spiro atoms. The van der Waals surface area contributed by atoms with Crippen molar-refractivity contribution in [2.24, 2.45) is 0 Å². The summed E-state index contributed by atoms with van der Waals surface area (Å²) < 4.78 is 27.2. The number of nitrogens with one attached hydrogen (secondary N) is 1. The molecule has 1 amide bonds. The number of pyridine rings is 1. The van der Waals surface area contributed by atoms with Crippen molar-refractivity contribution in [1.82, 2.24) is 14.9 Å². The van der Waals surface area contributed by atoms with E-state index in [1.54, 1.807) is 17.3 Å². The van der Waals surface area contributed by atoms with Gasteiger partial charge in [-0.3, -0.25) is 9.59 Å². The van der Waals surface area contributed by atoms with E-state index in [0.29, 0.717) is 21.5 Å². The van der Waals surface area contributed by atoms with Crippen molar-refractivity contribution >= 4 is 28.1 Å². The number of fused-ring (bicyclic) bond motifs is 1. The van der Waals surface area contributed by atoms with Gasteiger partial charge in [0, 0.05) is 30.1 Å². The monoisotopic (exact) mass is 375 g/mol. The first kappa shape index (κ1) is 16.8. The van der Waals surface area contributed by atoms with E-state index in [0.717, 1.165) is 25.0 Å². The highest BCUT2D eigenvalue weighted by atomic mass is 32.1. The number of hydrogen-bond acceptors (Lipinski definition) is 4. The Hall–Kier alpha value is -2.61. The number of thiazole rings is 1. The minimum atomic E-state index is -1.03. The topological polar surface area (TPSA) is 66.1 Å². The number of rotatable bonds is 4. The summed E-state index contributed by atoms with van der Waals surface area (Å²) in [6, 6.07) is 3.45. The molecule has 2 heterocycles. The summed E-state index contributed by atoms with van der Waals surface area (Å²) in [7, 11) is 0. The van der Waals surface area contributed by atoms with Gasteiger partial charge in [0.15, 0.2) is 11.6 Å². The van der Waals surface area contributed by atoms with Crippen LogP contribution in [0.15, 0.2) is 28.5 Å². The number of nitrogens with zero attached hydrogens (tertiary/aromatic N) is 2. The molecule has 1 N–H and O–H groups in total. The van der Waals surface area contributed by atoms with Crippen LogP contribution in [0.1, 0.15) is 33.8 Å². The highest BCUT2D eigenvalue weighted by Gasteiger charge is 2.34. The van der Waals surface area contributed by atoms with Crippen molar-refractivity contribution in [1.29, 1.82) is 0 Å². The zero-order valence-electron chi connectivity index (χ0n) is 13.9. The van der Waals surface area contributed by atoms with Crippen LogP contribution >= 0.6 is 11.3 Å². The molecule has 3 aromatic rings. The van der Waals surface area contributed by atoms with Crippen LogP contribution in [0.4, 0.5) is 8.78 Å². The number of H-pyrrole nitrogens is 1. The second kappa shape index (κ2) is 6.28. The molecule has 8 heteroatoms. The fourth-order valence-corrected chi connectivity index (χ4v) is 3.78. The third kappa shape index (κ3) is 3.01. The minimum absolute atomic E-state index is 0.0867. The predicted molar refractivity (Wildman–Crippen MR) is 94.2 cm³/mol. The van der Waals surface area contributed by atoms with Crippen molar-refractivity contribution < 1.29 is 13.6 Å². The van der Waals surface area contributed by atoms with Crippen LogP contribution in [-0.4, -0.2) is 26.8 Å².